The highest BCUT2D eigenvalue weighted by Gasteiger charge is 2.20. The van der Waals surface area contributed by atoms with E-state index in [0.717, 1.165) is 27.3 Å². The van der Waals surface area contributed by atoms with Crippen molar-refractivity contribution >= 4 is 39.3 Å². The second-order valence-corrected chi connectivity index (χ2v) is 7.86. The molecule has 0 unspecified atom stereocenters. The Kier molecular flexibility index (Phi) is 5.83. The molecule has 136 valence electrons. The van der Waals surface area contributed by atoms with Gasteiger partial charge in [0.25, 0.3) is 0 Å². The number of benzene rings is 1. The maximum atomic E-state index is 12.2. The minimum absolute atomic E-state index is 0.0864. The molecule has 1 aromatic carbocycles. The molecule has 8 heteroatoms. The fraction of sp³-hybridized carbons (Fsp3) is 0.278. The minimum Gasteiger partial charge on any atom is -0.469 e. The minimum atomic E-state index is -0.0864. The van der Waals surface area contributed by atoms with Crippen molar-refractivity contribution in [2.75, 3.05) is 11.1 Å². The lowest BCUT2D eigenvalue weighted by Crippen LogP contribution is -2.15. The van der Waals surface area contributed by atoms with Crippen LogP contribution in [0.4, 0.5) is 5.69 Å². The molecule has 1 N–H and O–H groups in total. The maximum absolute atomic E-state index is 12.2. The molecule has 2 aromatic heterocycles. The van der Waals surface area contributed by atoms with E-state index in [1.807, 2.05) is 41.8 Å². The Labute approximate surface area is 164 Å². The Morgan fingerprint density at radius 1 is 1.27 bits per heavy atom. The molecule has 0 aliphatic heterocycles. The van der Waals surface area contributed by atoms with Gasteiger partial charge in [0.15, 0.2) is 11.0 Å². The molecular weight excluding hydrogens is 416 g/mol. The van der Waals surface area contributed by atoms with Crippen LogP contribution in [-0.2, 0) is 4.79 Å². The Bertz CT molecular complexity index is 902. The Hall–Kier alpha value is -2.06. The first-order chi connectivity index (χ1) is 12.5. The molecule has 0 aliphatic rings. The number of rotatable bonds is 6. The van der Waals surface area contributed by atoms with E-state index < -0.39 is 0 Å². The van der Waals surface area contributed by atoms with Crippen molar-refractivity contribution < 1.29 is 9.21 Å². The van der Waals surface area contributed by atoms with Crippen LogP contribution < -0.4 is 5.32 Å². The molecule has 0 atom stereocenters. The summed E-state index contributed by atoms with van der Waals surface area (Å²) in [7, 11) is 0. The van der Waals surface area contributed by atoms with E-state index in [2.05, 4.69) is 45.3 Å². The molecule has 0 bridgehead atoms. The van der Waals surface area contributed by atoms with E-state index in [1.165, 1.54) is 11.8 Å². The van der Waals surface area contributed by atoms with Gasteiger partial charge in [0.05, 0.1) is 17.6 Å². The summed E-state index contributed by atoms with van der Waals surface area (Å²) in [6.45, 7) is 6.02. The second kappa shape index (κ2) is 8.09. The molecule has 0 saturated heterocycles. The lowest BCUT2D eigenvalue weighted by Gasteiger charge is -2.13. The van der Waals surface area contributed by atoms with E-state index in [4.69, 9.17) is 4.42 Å². The number of thioether (sulfide) groups is 1. The van der Waals surface area contributed by atoms with Gasteiger partial charge in [-0.25, -0.2) is 0 Å². The first kappa shape index (κ1) is 18.7. The predicted octanol–water partition coefficient (Wildman–Crippen LogP) is 4.92. The fourth-order valence-electron chi connectivity index (χ4n) is 2.50. The van der Waals surface area contributed by atoms with Crippen LogP contribution in [0.1, 0.15) is 25.6 Å². The highest BCUT2D eigenvalue weighted by molar-refractivity contribution is 9.10. The number of halogens is 1. The number of aryl methyl sites for hydroxylation is 1. The third-order valence-electron chi connectivity index (χ3n) is 3.74. The van der Waals surface area contributed by atoms with E-state index in [0.29, 0.717) is 5.16 Å². The monoisotopic (exact) mass is 434 g/mol. The van der Waals surface area contributed by atoms with E-state index in [-0.39, 0.29) is 17.7 Å². The lowest BCUT2D eigenvalue weighted by molar-refractivity contribution is -0.113. The van der Waals surface area contributed by atoms with Crippen LogP contribution in [0.2, 0.25) is 0 Å². The summed E-state index contributed by atoms with van der Waals surface area (Å²) in [6.07, 6.45) is 1.64. The first-order valence-corrected chi connectivity index (χ1v) is 9.91. The van der Waals surface area contributed by atoms with Crippen LogP contribution in [0.3, 0.4) is 0 Å². The van der Waals surface area contributed by atoms with Crippen LogP contribution in [0, 0.1) is 6.92 Å². The number of carbonyl (C=O) groups excluding carboxylic acids is 1. The molecule has 26 heavy (non-hydrogen) atoms. The van der Waals surface area contributed by atoms with Crippen molar-refractivity contribution in [2.45, 2.75) is 32.0 Å². The van der Waals surface area contributed by atoms with E-state index >= 15 is 0 Å². The number of nitrogens with one attached hydrogen (secondary N) is 1. The number of amides is 1. The summed E-state index contributed by atoms with van der Waals surface area (Å²) in [5.41, 5.74) is 1.68. The lowest BCUT2D eigenvalue weighted by atomic mass is 10.2. The van der Waals surface area contributed by atoms with E-state index in [9.17, 15) is 4.79 Å². The topological polar surface area (TPSA) is 72.9 Å². The highest BCUT2D eigenvalue weighted by atomic mass is 79.9. The predicted molar refractivity (Wildman–Crippen MR) is 106 cm³/mol. The number of aromatic nitrogens is 3. The third kappa shape index (κ3) is 4.19. The van der Waals surface area contributed by atoms with Crippen molar-refractivity contribution in [2.24, 2.45) is 0 Å². The molecule has 0 saturated carbocycles. The van der Waals surface area contributed by atoms with Crippen LogP contribution in [0.5, 0.6) is 0 Å². The van der Waals surface area contributed by atoms with Gasteiger partial charge in [-0.15, -0.1) is 10.2 Å². The van der Waals surface area contributed by atoms with Crippen LogP contribution in [0.15, 0.2) is 50.6 Å². The molecule has 2 heterocycles. The zero-order valence-electron chi connectivity index (χ0n) is 14.7. The Morgan fingerprint density at radius 3 is 2.62 bits per heavy atom. The normalized spacial score (nSPS) is 11.1. The fourth-order valence-corrected chi connectivity index (χ4v) is 3.63. The average Bonchev–Trinajstić information content (AvgIpc) is 3.20. The smallest absolute Gasteiger partial charge is 0.234 e. The zero-order valence-corrected chi connectivity index (χ0v) is 17.1. The molecule has 0 spiro atoms. The first-order valence-electron chi connectivity index (χ1n) is 8.13. The van der Waals surface area contributed by atoms with Crippen molar-refractivity contribution in [3.8, 4) is 11.4 Å². The number of nitrogens with zero attached hydrogens (tertiary/aromatic N) is 3. The quantitative estimate of drug-likeness (QED) is 0.557. The average molecular weight is 435 g/mol. The number of carbonyl (C=O) groups is 1. The summed E-state index contributed by atoms with van der Waals surface area (Å²) >= 11 is 4.74. The highest BCUT2D eigenvalue weighted by Crippen LogP contribution is 2.30. The summed E-state index contributed by atoms with van der Waals surface area (Å²) in [5, 5.41) is 12.2. The van der Waals surface area contributed by atoms with Gasteiger partial charge in [0.1, 0.15) is 5.76 Å². The summed E-state index contributed by atoms with van der Waals surface area (Å²) in [6, 6.07) is 9.51. The van der Waals surface area contributed by atoms with Crippen molar-refractivity contribution in [3.63, 3.8) is 0 Å². The number of hydrogen-bond donors (Lipinski definition) is 1. The Balaban J connectivity index is 1.72. The van der Waals surface area contributed by atoms with E-state index in [1.54, 1.807) is 6.26 Å². The molecule has 1 amide bonds. The zero-order chi connectivity index (χ0) is 18.7. The SMILES string of the molecule is Cc1occc1-c1nnc(SCC(=O)Nc2ccc(Br)cc2)n1C(C)C. The van der Waals surface area contributed by atoms with Crippen LogP contribution >= 0.6 is 27.7 Å². The number of anilines is 1. The summed E-state index contributed by atoms with van der Waals surface area (Å²) < 4.78 is 8.37. The molecule has 0 fully saturated rings. The van der Waals surface area contributed by atoms with Crippen LogP contribution in [0.25, 0.3) is 11.4 Å². The second-order valence-electron chi connectivity index (χ2n) is 6.00. The van der Waals surface area contributed by atoms with Gasteiger partial charge in [-0.05, 0) is 51.1 Å². The number of hydrogen-bond acceptors (Lipinski definition) is 5. The van der Waals surface area contributed by atoms with Crippen molar-refractivity contribution in [3.05, 3.63) is 46.8 Å². The molecule has 0 aliphatic carbocycles. The van der Waals surface area contributed by atoms with Gasteiger partial charge in [-0.3, -0.25) is 9.36 Å². The third-order valence-corrected chi connectivity index (χ3v) is 5.21. The molecule has 0 radical (unpaired) electrons. The van der Waals surface area contributed by atoms with Gasteiger partial charge in [-0.2, -0.15) is 0 Å². The molecule has 3 aromatic rings. The maximum Gasteiger partial charge on any atom is 0.234 e. The van der Waals surface area contributed by atoms with Gasteiger partial charge in [-0.1, -0.05) is 27.7 Å². The number of furan rings is 1. The Morgan fingerprint density at radius 2 is 2.00 bits per heavy atom. The molecule has 3 rings (SSSR count). The molecular formula is C18H19BrN4O2S. The van der Waals surface area contributed by atoms with Crippen molar-refractivity contribution in [1.82, 2.24) is 14.8 Å². The van der Waals surface area contributed by atoms with Crippen molar-refractivity contribution in [1.29, 1.82) is 0 Å². The standard InChI is InChI=1S/C18H19BrN4O2S/c1-11(2)23-17(15-8-9-25-12(15)3)21-22-18(23)26-10-16(24)20-14-6-4-13(19)5-7-14/h4-9,11H,10H2,1-3H3,(H,20,24). The molecule has 6 nitrogen and oxygen atoms in total. The largest absolute Gasteiger partial charge is 0.469 e. The summed E-state index contributed by atoms with van der Waals surface area (Å²) in [5.74, 6) is 1.72. The summed E-state index contributed by atoms with van der Waals surface area (Å²) in [4.78, 5) is 12.2. The van der Waals surface area contributed by atoms with Gasteiger partial charge in [0.2, 0.25) is 5.91 Å². The van der Waals surface area contributed by atoms with Gasteiger partial charge < -0.3 is 9.73 Å². The van der Waals surface area contributed by atoms with Crippen LogP contribution in [-0.4, -0.2) is 26.4 Å². The van der Waals surface area contributed by atoms with Gasteiger partial charge >= 0.3 is 0 Å². The van der Waals surface area contributed by atoms with Gasteiger partial charge in [0, 0.05) is 16.2 Å².